The lowest BCUT2D eigenvalue weighted by atomic mass is 10.3. The first kappa shape index (κ1) is 10.1. The second-order valence-electron chi connectivity index (χ2n) is 2.13. The van der Waals surface area contributed by atoms with Crippen molar-refractivity contribution in [3.8, 4) is 0 Å². The van der Waals surface area contributed by atoms with Crippen molar-refractivity contribution in [3.63, 3.8) is 0 Å². The van der Waals surface area contributed by atoms with Crippen LogP contribution in [0.2, 0.25) is 0 Å². The molecule has 0 saturated carbocycles. The summed E-state index contributed by atoms with van der Waals surface area (Å²) >= 11 is 0. The quantitative estimate of drug-likeness (QED) is 0.358. The first-order valence-electron chi connectivity index (χ1n) is 3.44. The van der Waals surface area contributed by atoms with Gasteiger partial charge >= 0.3 is 5.97 Å². The Morgan fingerprint density at radius 1 is 1.82 bits per heavy atom. The van der Waals surface area contributed by atoms with Crippen LogP contribution in [0.4, 0.5) is 0 Å². The summed E-state index contributed by atoms with van der Waals surface area (Å²) in [6, 6.07) is -0.519. The van der Waals surface area contributed by atoms with E-state index in [2.05, 4.69) is 17.2 Å². The summed E-state index contributed by atoms with van der Waals surface area (Å²) in [5.41, 5.74) is 0. The molecule has 0 bridgehead atoms. The van der Waals surface area contributed by atoms with Gasteiger partial charge in [-0.05, 0) is 7.05 Å². The minimum absolute atomic E-state index is 0.415. The summed E-state index contributed by atoms with van der Waals surface area (Å²) in [7, 11) is 1.62. The molecule has 0 aliphatic carbocycles. The first-order valence-corrected chi connectivity index (χ1v) is 3.44. The summed E-state index contributed by atoms with van der Waals surface area (Å²) in [6.07, 6.45) is 1.69. The number of likely N-dealkylation sites (N-methyl/N-ethyl adjacent to an activating group) is 1. The van der Waals surface area contributed by atoms with Crippen LogP contribution in [0.15, 0.2) is 12.7 Å². The maximum atomic E-state index is 10.4. The van der Waals surface area contributed by atoms with Crippen molar-refractivity contribution in [3.05, 3.63) is 12.7 Å². The number of aliphatic carboxylic acids is 1. The number of carboxylic acids is 1. The van der Waals surface area contributed by atoms with Crippen LogP contribution in [0.25, 0.3) is 0 Å². The van der Waals surface area contributed by atoms with Gasteiger partial charge in [0.25, 0.3) is 0 Å². The number of carboxylic acid groups (broad SMARTS) is 1. The van der Waals surface area contributed by atoms with E-state index in [1.165, 1.54) is 0 Å². The van der Waals surface area contributed by atoms with Crippen LogP contribution in [-0.2, 0) is 4.79 Å². The van der Waals surface area contributed by atoms with Gasteiger partial charge in [-0.25, -0.2) is 0 Å². The minimum Gasteiger partial charge on any atom is -0.480 e. The molecule has 0 spiro atoms. The molecule has 0 saturated heterocycles. The Kier molecular flexibility index (Phi) is 5.42. The molecule has 0 rings (SSSR count). The van der Waals surface area contributed by atoms with Crippen LogP contribution in [-0.4, -0.2) is 37.3 Å². The van der Waals surface area contributed by atoms with Gasteiger partial charge in [0.2, 0.25) is 0 Å². The molecular formula is C7H14N2O2. The van der Waals surface area contributed by atoms with Crippen molar-refractivity contribution >= 4 is 5.97 Å². The molecule has 11 heavy (non-hydrogen) atoms. The number of hydrogen-bond donors (Lipinski definition) is 3. The van der Waals surface area contributed by atoms with Crippen molar-refractivity contribution in [2.45, 2.75) is 6.04 Å². The maximum Gasteiger partial charge on any atom is 0.322 e. The number of carbonyl (C=O) groups is 1. The molecule has 0 radical (unpaired) electrons. The van der Waals surface area contributed by atoms with E-state index in [4.69, 9.17) is 5.11 Å². The van der Waals surface area contributed by atoms with Crippen molar-refractivity contribution in [2.75, 3.05) is 20.1 Å². The van der Waals surface area contributed by atoms with Gasteiger partial charge in [0.05, 0.1) is 0 Å². The van der Waals surface area contributed by atoms with Gasteiger partial charge in [-0.1, -0.05) is 6.08 Å². The monoisotopic (exact) mass is 158 g/mol. The molecule has 0 fully saturated rings. The highest BCUT2D eigenvalue weighted by Crippen LogP contribution is 1.79. The minimum atomic E-state index is -0.843. The molecular weight excluding hydrogens is 144 g/mol. The molecule has 0 aromatic carbocycles. The van der Waals surface area contributed by atoms with Crippen molar-refractivity contribution < 1.29 is 9.90 Å². The summed E-state index contributed by atoms with van der Waals surface area (Å²) in [4.78, 5) is 10.4. The highest BCUT2D eigenvalue weighted by atomic mass is 16.4. The van der Waals surface area contributed by atoms with E-state index >= 15 is 0 Å². The molecule has 0 heterocycles. The summed E-state index contributed by atoms with van der Waals surface area (Å²) in [6.45, 7) is 4.54. The number of hydrogen-bond acceptors (Lipinski definition) is 3. The molecule has 64 valence electrons. The standard InChI is InChI=1S/C7H14N2O2/c1-3-4-9-5-6(8-2)7(10)11/h3,6,8-9H,1,4-5H2,2H3,(H,10,11). The average molecular weight is 158 g/mol. The average Bonchev–Trinajstić information content (AvgIpc) is 1.97. The second kappa shape index (κ2) is 5.88. The maximum absolute atomic E-state index is 10.4. The van der Waals surface area contributed by atoms with Gasteiger partial charge in [-0.3, -0.25) is 4.79 Å². The molecule has 4 nitrogen and oxygen atoms in total. The lowest BCUT2D eigenvalue weighted by molar-refractivity contribution is -0.139. The van der Waals surface area contributed by atoms with Crippen molar-refractivity contribution in [1.82, 2.24) is 10.6 Å². The van der Waals surface area contributed by atoms with Gasteiger partial charge < -0.3 is 15.7 Å². The van der Waals surface area contributed by atoms with E-state index in [1.807, 2.05) is 0 Å². The summed E-state index contributed by atoms with van der Waals surface area (Å²) < 4.78 is 0. The van der Waals surface area contributed by atoms with Gasteiger partial charge in [0.1, 0.15) is 6.04 Å². The number of nitrogens with one attached hydrogen (secondary N) is 2. The Hall–Kier alpha value is -0.870. The van der Waals surface area contributed by atoms with Gasteiger partial charge in [0.15, 0.2) is 0 Å². The molecule has 4 heteroatoms. The van der Waals surface area contributed by atoms with Gasteiger partial charge in [-0.2, -0.15) is 0 Å². The number of rotatable bonds is 6. The van der Waals surface area contributed by atoms with E-state index in [1.54, 1.807) is 13.1 Å². The Balaban J connectivity index is 3.52. The fourth-order valence-electron chi connectivity index (χ4n) is 0.643. The van der Waals surface area contributed by atoms with Crippen LogP contribution >= 0.6 is 0 Å². The third-order valence-corrected chi connectivity index (χ3v) is 1.28. The third kappa shape index (κ3) is 4.52. The predicted octanol–water partition coefficient (Wildman–Crippen LogP) is -0.565. The molecule has 1 atom stereocenters. The molecule has 0 aromatic heterocycles. The fraction of sp³-hybridized carbons (Fsp3) is 0.571. The van der Waals surface area contributed by atoms with Crippen LogP contribution in [0.1, 0.15) is 0 Å². The highest BCUT2D eigenvalue weighted by molar-refractivity contribution is 5.73. The van der Waals surface area contributed by atoms with Gasteiger partial charge in [0, 0.05) is 13.1 Å². The Morgan fingerprint density at radius 3 is 2.82 bits per heavy atom. The van der Waals surface area contributed by atoms with Crippen LogP contribution < -0.4 is 10.6 Å². The van der Waals surface area contributed by atoms with E-state index in [-0.39, 0.29) is 0 Å². The zero-order valence-corrected chi connectivity index (χ0v) is 6.63. The topological polar surface area (TPSA) is 61.4 Å². The molecule has 0 aromatic rings. The lowest BCUT2D eigenvalue weighted by Crippen LogP contribution is -2.42. The summed E-state index contributed by atoms with van der Waals surface area (Å²) in [5.74, 6) is -0.843. The zero-order chi connectivity index (χ0) is 8.69. The van der Waals surface area contributed by atoms with Crippen LogP contribution in [0, 0.1) is 0 Å². The SMILES string of the molecule is C=CCNCC(NC)C(=O)O. The highest BCUT2D eigenvalue weighted by Gasteiger charge is 2.12. The third-order valence-electron chi connectivity index (χ3n) is 1.28. The second-order valence-corrected chi connectivity index (χ2v) is 2.13. The normalized spacial score (nSPS) is 12.5. The molecule has 1 unspecified atom stereocenters. The molecule has 0 aliphatic heterocycles. The van der Waals surface area contributed by atoms with Gasteiger partial charge in [-0.15, -0.1) is 6.58 Å². The molecule has 0 amide bonds. The van der Waals surface area contributed by atoms with E-state index in [9.17, 15) is 4.79 Å². The van der Waals surface area contributed by atoms with Crippen molar-refractivity contribution in [2.24, 2.45) is 0 Å². The zero-order valence-electron chi connectivity index (χ0n) is 6.63. The smallest absolute Gasteiger partial charge is 0.322 e. The Labute approximate surface area is 66.3 Å². The summed E-state index contributed by atoms with van der Waals surface area (Å²) in [5, 5.41) is 14.1. The van der Waals surface area contributed by atoms with E-state index < -0.39 is 12.0 Å². The molecule has 3 N–H and O–H groups in total. The largest absolute Gasteiger partial charge is 0.480 e. The molecule has 0 aliphatic rings. The van der Waals surface area contributed by atoms with Crippen LogP contribution in [0.5, 0.6) is 0 Å². The van der Waals surface area contributed by atoms with Crippen LogP contribution in [0.3, 0.4) is 0 Å². The van der Waals surface area contributed by atoms with E-state index in [0.29, 0.717) is 13.1 Å². The van der Waals surface area contributed by atoms with E-state index in [0.717, 1.165) is 0 Å². The lowest BCUT2D eigenvalue weighted by Gasteiger charge is -2.10. The fourth-order valence-corrected chi connectivity index (χ4v) is 0.643. The van der Waals surface area contributed by atoms with Crippen molar-refractivity contribution in [1.29, 1.82) is 0 Å². The predicted molar refractivity (Wildman–Crippen MR) is 43.6 cm³/mol. The first-order chi connectivity index (χ1) is 5.22. The Bertz CT molecular complexity index is 136. The Morgan fingerprint density at radius 2 is 2.45 bits per heavy atom.